The Balaban J connectivity index is 1.98. The SMILES string of the molecule is CC(NCc1ccc(O)cn1)c1ccc(Cl)c(Cl)c1. The third kappa shape index (κ3) is 3.83. The smallest absolute Gasteiger partial charge is 0.133 e. The third-order valence-electron chi connectivity index (χ3n) is 2.84. The van der Waals surface area contributed by atoms with Crippen LogP contribution in [-0.2, 0) is 6.54 Å². The Morgan fingerprint density at radius 1 is 1.21 bits per heavy atom. The van der Waals surface area contributed by atoms with Crippen molar-refractivity contribution in [3.8, 4) is 5.75 Å². The van der Waals surface area contributed by atoms with Crippen molar-refractivity contribution in [2.24, 2.45) is 0 Å². The van der Waals surface area contributed by atoms with Crippen LogP contribution in [0.25, 0.3) is 0 Å². The molecule has 1 aromatic carbocycles. The van der Waals surface area contributed by atoms with Crippen LogP contribution in [0.3, 0.4) is 0 Å². The molecule has 100 valence electrons. The van der Waals surface area contributed by atoms with Crippen molar-refractivity contribution in [1.82, 2.24) is 10.3 Å². The highest BCUT2D eigenvalue weighted by Crippen LogP contribution is 2.25. The highest BCUT2D eigenvalue weighted by atomic mass is 35.5. The maximum atomic E-state index is 9.16. The molecule has 5 heteroatoms. The molecule has 2 rings (SSSR count). The topological polar surface area (TPSA) is 45.1 Å². The Bertz CT molecular complexity index is 558. The van der Waals surface area contributed by atoms with Crippen LogP contribution in [0.15, 0.2) is 36.5 Å². The van der Waals surface area contributed by atoms with Crippen LogP contribution in [0.4, 0.5) is 0 Å². The van der Waals surface area contributed by atoms with Crippen LogP contribution in [0.5, 0.6) is 5.75 Å². The van der Waals surface area contributed by atoms with E-state index in [1.54, 1.807) is 18.2 Å². The minimum Gasteiger partial charge on any atom is -0.506 e. The van der Waals surface area contributed by atoms with Crippen molar-refractivity contribution in [2.45, 2.75) is 19.5 Å². The second kappa shape index (κ2) is 6.24. The van der Waals surface area contributed by atoms with Gasteiger partial charge in [-0.15, -0.1) is 0 Å². The first-order valence-corrected chi connectivity index (χ1v) is 6.64. The zero-order valence-electron chi connectivity index (χ0n) is 10.4. The molecule has 0 aliphatic rings. The zero-order chi connectivity index (χ0) is 13.8. The Labute approximate surface area is 122 Å². The van der Waals surface area contributed by atoms with E-state index in [0.717, 1.165) is 11.3 Å². The number of benzene rings is 1. The van der Waals surface area contributed by atoms with Crippen molar-refractivity contribution in [3.05, 3.63) is 57.8 Å². The molecular weight excluding hydrogens is 283 g/mol. The molecule has 0 bridgehead atoms. The van der Waals surface area contributed by atoms with Crippen LogP contribution < -0.4 is 5.32 Å². The van der Waals surface area contributed by atoms with E-state index in [4.69, 9.17) is 28.3 Å². The molecule has 19 heavy (non-hydrogen) atoms. The summed E-state index contributed by atoms with van der Waals surface area (Å²) in [7, 11) is 0. The van der Waals surface area contributed by atoms with E-state index in [-0.39, 0.29) is 11.8 Å². The van der Waals surface area contributed by atoms with Gasteiger partial charge >= 0.3 is 0 Å². The second-order valence-electron chi connectivity index (χ2n) is 4.28. The number of nitrogens with one attached hydrogen (secondary N) is 1. The van der Waals surface area contributed by atoms with Crippen LogP contribution in [0, 0.1) is 0 Å². The van der Waals surface area contributed by atoms with Gasteiger partial charge in [0.05, 0.1) is 21.9 Å². The standard InChI is InChI=1S/C14H14Cl2N2O/c1-9(10-2-5-13(15)14(16)6-10)17-7-11-3-4-12(19)8-18-11/h2-6,8-9,17,19H,7H2,1H3. The number of rotatable bonds is 4. The fraction of sp³-hybridized carbons (Fsp3) is 0.214. The Morgan fingerprint density at radius 3 is 2.63 bits per heavy atom. The molecule has 1 unspecified atom stereocenters. The van der Waals surface area contributed by atoms with Crippen molar-refractivity contribution < 1.29 is 5.11 Å². The van der Waals surface area contributed by atoms with Crippen molar-refractivity contribution in [3.63, 3.8) is 0 Å². The maximum absolute atomic E-state index is 9.16. The number of hydrogen-bond donors (Lipinski definition) is 2. The molecule has 0 amide bonds. The normalized spacial score (nSPS) is 12.4. The van der Waals surface area contributed by atoms with Gasteiger partial charge < -0.3 is 10.4 Å². The highest BCUT2D eigenvalue weighted by Gasteiger charge is 2.07. The monoisotopic (exact) mass is 296 g/mol. The minimum absolute atomic E-state index is 0.130. The van der Waals surface area contributed by atoms with E-state index < -0.39 is 0 Å². The first-order chi connectivity index (χ1) is 9.06. The van der Waals surface area contributed by atoms with Gasteiger partial charge in [0, 0.05) is 12.6 Å². The van der Waals surface area contributed by atoms with Crippen LogP contribution in [0.2, 0.25) is 10.0 Å². The summed E-state index contributed by atoms with van der Waals surface area (Å²) < 4.78 is 0. The summed E-state index contributed by atoms with van der Waals surface area (Å²) in [6.45, 7) is 2.65. The Hall–Kier alpha value is -1.29. The van der Waals surface area contributed by atoms with Gasteiger partial charge in [-0.2, -0.15) is 0 Å². The number of hydrogen-bond acceptors (Lipinski definition) is 3. The fourth-order valence-corrected chi connectivity index (χ4v) is 1.99. The summed E-state index contributed by atoms with van der Waals surface area (Å²) in [5, 5.41) is 13.6. The van der Waals surface area contributed by atoms with E-state index in [0.29, 0.717) is 16.6 Å². The Morgan fingerprint density at radius 2 is 2.00 bits per heavy atom. The molecule has 1 aromatic heterocycles. The predicted molar refractivity (Wildman–Crippen MR) is 77.6 cm³/mol. The molecule has 0 saturated carbocycles. The zero-order valence-corrected chi connectivity index (χ0v) is 11.9. The first kappa shape index (κ1) is 14.1. The lowest BCUT2D eigenvalue weighted by Gasteiger charge is -2.14. The van der Waals surface area contributed by atoms with E-state index in [9.17, 15) is 0 Å². The molecule has 0 aliphatic heterocycles. The van der Waals surface area contributed by atoms with Crippen LogP contribution >= 0.6 is 23.2 Å². The van der Waals surface area contributed by atoms with Gasteiger partial charge in [0.1, 0.15) is 5.75 Å². The van der Waals surface area contributed by atoms with Gasteiger partial charge in [-0.1, -0.05) is 29.3 Å². The molecule has 0 fully saturated rings. The molecule has 0 spiro atoms. The molecule has 0 saturated heterocycles. The van der Waals surface area contributed by atoms with Gasteiger partial charge in [0.15, 0.2) is 0 Å². The minimum atomic E-state index is 0.130. The van der Waals surface area contributed by atoms with Crippen LogP contribution in [-0.4, -0.2) is 10.1 Å². The lowest BCUT2D eigenvalue weighted by molar-refractivity contribution is 0.471. The van der Waals surface area contributed by atoms with Crippen molar-refractivity contribution in [2.75, 3.05) is 0 Å². The summed E-state index contributed by atoms with van der Waals surface area (Å²) in [5.41, 5.74) is 1.93. The number of halogens is 2. The molecule has 1 atom stereocenters. The van der Waals surface area contributed by atoms with E-state index >= 15 is 0 Å². The molecule has 1 heterocycles. The van der Waals surface area contributed by atoms with Crippen LogP contribution in [0.1, 0.15) is 24.2 Å². The summed E-state index contributed by atoms with van der Waals surface area (Å²) >= 11 is 11.9. The largest absolute Gasteiger partial charge is 0.506 e. The van der Waals surface area contributed by atoms with E-state index in [1.165, 1.54) is 6.20 Å². The molecule has 3 nitrogen and oxygen atoms in total. The van der Waals surface area contributed by atoms with Gasteiger partial charge in [-0.25, -0.2) is 0 Å². The molecule has 2 N–H and O–H groups in total. The second-order valence-corrected chi connectivity index (χ2v) is 5.10. The molecule has 2 aromatic rings. The quantitative estimate of drug-likeness (QED) is 0.898. The summed E-state index contributed by atoms with van der Waals surface area (Å²) in [6.07, 6.45) is 1.43. The summed E-state index contributed by atoms with van der Waals surface area (Å²) in [5.74, 6) is 0.168. The molecule has 0 aliphatic carbocycles. The highest BCUT2D eigenvalue weighted by molar-refractivity contribution is 6.42. The summed E-state index contributed by atoms with van der Waals surface area (Å²) in [4.78, 5) is 4.12. The van der Waals surface area contributed by atoms with Crippen molar-refractivity contribution >= 4 is 23.2 Å². The lowest BCUT2D eigenvalue weighted by Crippen LogP contribution is -2.18. The summed E-state index contributed by atoms with van der Waals surface area (Å²) in [6, 6.07) is 9.11. The van der Waals surface area contributed by atoms with Gasteiger partial charge in [0.2, 0.25) is 0 Å². The molecule has 0 radical (unpaired) electrons. The fourth-order valence-electron chi connectivity index (χ4n) is 1.68. The number of nitrogens with zero attached hydrogens (tertiary/aromatic N) is 1. The lowest BCUT2D eigenvalue weighted by atomic mass is 10.1. The van der Waals surface area contributed by atoms with E-state index in [2.05, 4.69) is 10.3 Å². The van der Waals surface area contributed by atoms with Gasteiger partial charge in [-0.3, -0.25) is 4.98 Å². The Kier molecular flexibility index (Phi) is 4.64. The van der Waals surface area contributed by atoms with Gasteiger partial charge in [-0.05, 0) is 36.8 Å². The van der Waals surface area contributed by atoms with Gasteiger partial charge in [0.25, 0.3) is 0 Å². The maximum Gasteiger partial charge on any atom is 0.133 e. The number of aromatic nitrogens is 1. The number of aromatic hydroxyl groups is 1. The van der Waals surface area contributed by atoms with Crippen molar-refractivity contribution in [1.29, 1.82) is 0 Å². The third-order valence-corrected chi connectivity index (χ3v) is 3.58. The molecular formula is C14H14Cl2N2O. The predicted octanol–water partition coefficient (Wildman–Crippen LogP) is 3.94. The number of pyridine rings is 1. The van der Waals surface area contributed by atoms with E-state index in [1.807, 2.05) is 19.1 Å². The first-order valence-electron chi connectivity index (χ1n) is 5.88. The average molecular weight is 297 g/mol. The average Bonchev–Trinajstić information content (AvgIpc) is 2.41.